The summed E-state index contributed by atoms with van der Waals surface area (Å²) in [6.07, 6.45) is 0.786. The third-order valence-electron chi connectivity index (χ3n) is 4.01. The van der Waals surface area contributed by atoms with Gasteiger partial charge in [-0.15, -0.1) is 0 Å². The van der Waals surface area contributed by atoms with Crippen molar-refractivity contribution in [3.8, 4) is 5.75 Å². The van der Waals surface area contributed by atoms with Gasteiger partial charge in [-0.1, -0.05) is 24.3 Å². The molecule has 2 aromatic rings. The molecule has 24 heavy (non-hydrogen) atoms. The van der Waals surface area contributed by atoms with Crippen molar-refractivity contribution >= 4 is 15.8 Å². The Balaban J connectivity index is 1.96. The Kier molecular flexibility index (Phi) is 4.44. The zero-order chi connectivity index (χ0) is 17.2. The van der Waals surface area contributed by atoms with Crippen molar-refractivity contribution in [1.82, 2.24) is 0 Å². The Morgan fingerprint density at radius 3 is 2.58 bits per heavy atom. The summed E-state index contributed by atoms with van der Waals surface area (Å²) in [4.78, 5) is 4.54. The number of hydrogen-bond donors (Lipinski definition) is 2. The monoisotopic (exact) mass is 345 g/mol. The fourth-order valence-electron chi connectivity index (χ4n) is 2.75. The van der Waals surface area contributed by atoms with Gasteiger partial charge in [0.25, 0.3) is 0 Å². The molecule has 0 saturated carbocycles. The maximum absolute atomic E-state index is 12.7. The van der Waals surface area contributed by atoms with Crippen LogP contribution in [0.4, 0.5) is 0 Å². The minimum absolute atomic E-state index is 0.0475. The first kappa shape index (κ1) is 16.3. The lowest BCUT2D eigenvalue weighted by molar-refractivity contribution is 0.268. The molecule has 0 aromatic heterocycles. The van der Waals surface area contributed by atoms with Crippen LogP contribution in [0, 0.1) is 0 Å². The number of benzene rings is 2. The predicted octanol–water partition coefficient (Wildman–Crippen LogP) is 1.66. The minimum Gasteiger partial charge on any atom is -0.493 e. The lowest BCUT2D eigenvalue weighted by Gasteiger charge is -2.25. The summed E-state index contributed by atoms with van der Waals surface area (Å²) < 4.78 is 31.1. The van der Waals surface area contributed by atoms with Gasteiger partial charge in [-0.2, -0.15) is 0 Å². The van der Waals surface area contributed by atoms with Gasteiger partial charge in [0, 0.05) is 12.5 Å². The Morgan fingerprint density at radius 2 is 1.88 bits per heavy atom. The molecule has 0 saturated heterocycles. The first-order chi connectivity index (χ1) is 11.5. The van der Waals surface area contributed by atoms with Crippen molar-refractivity contribution in [3.05, 3.63) is 54.1 Å². The fourth-order valence-corrected chi connectivity index (χ4v) is 4.05. The molecule has 1 unspecified atom stereocenters. The normalized spacial score (nSPS) is 16.8. The van der Waals surface area contributed by atoms with Crippen LogP contribution in [0.2, 0.25) is 0 Å². The van der Waals surface area contributed by atoms with Crippen LogP contribution < -0.4 is 16.2 Å². The van der Waals surface area contributed by atoms with Gasteiger partial charge >= 0.3 is 0 Å². The van der Waals surface area contributed by atoms with Gasteiger partial charge in [0.05, 0.1) is 16.4 Å². The molecule has 1 heterocycles. The van der Waals surface area contributed by atoms with Crippen LogP contribution in [0.1, 0.15) is 17.9 Å². The molecule has 0 fully saturated rings. The smallest absolute Gasteiger partial charge is 0.206 e. The van der Waals surface area contributed by atoms with E-state index in [1.54, 1.807) is 48.5 Å². The standard InChI is InChI=1S/C17H19N3O3S/c18-17(19)20-11-12-8-9-23-16-10-14(6-7-15(12)16)24(21,22)13-4-2-1-3-5-13/h1-7,10,12H,8-9,11H2,(H4,18,19,20). The van der Waals surface area contributed by atoms with Crippen molar-refractivity contribution in [1.29, 1.82) is 0 Å². The first-order valence-electron chi connectivity index (χ1n) is 7.61. The first-order valence-corrected chi connectivity index (χ1v) is 9.09. The van der Waals surface area contributed by atoms with Crippen LogP contribution in [0.25, 0.3) is 0 Å². The number of ether oxygens (including phenoxy) is 1. The van der Waals surface area contributed by atoms with Gasteiger partial charge in [-0.3, -0.25) is 4.99 Å². The van der Waals surface area contributed by atoms with Crippen LogP contribution in [0.15, 0.2) is 63.3 Å². The molecule has 1 aliphatic rings. The summed E-state index contributed by atoms with van der Waals surface area (Å²) in [7, 11) is -3.56. The molecule has 4 N–H and O–H groups in total. The Bertz CT molecular complexity index is 860. The SMILES string of the molecule is NC(N)=NCC1CCOc2cc(S(=O)(=O)c3ccccc3)ccc21. The maximum atomic E-state index is 12.7. The van der Waals surface area contributed by atoms with E-state index >= 15 is 0 Å². The van der Waals surface area contributed by atoms with Crippen LogP contribution in [0.5, 0.6) is 5.75 Å². The van der Waals surface area contributed by atoms with E-state index in [0.29, 0.717) is 18.9 Å². The average Bonchev–Trinajstić information content (AvgIpc) is 2.60. The van der Waals surface area contributed by atoms with E-state index in [2.05, 4.69) is 4.99 Å². The number of aliphatic imine (C=N–C) groups is 1. The number of hydrogen-bond acceptors (Lipinski definition) is 4. The van der Waals surface area contributed by atoms with E-state index in [4.69, 9.17) is 16.2 Å². The fraction of sp³-hybridized carbons (Fsp3) is 0.235. The van der Waals surface area contributed by atoms with Gasteiger partial charge in [0.2, 0.25) is 9.84 Å². The molecule has 0 bridgehead atoms. The van der Waals surface area contributed by atoms with Gasteiger partial charge in [0.15, 0.2) is 5.96 Å². The van der Waals surface area contributed by atoms with Crippen LogP contribution in [-0.2, 0) is 9.84 Å². The number of nitrogens with zero attached hydrogens (tertiary/aromatic N) is 1. The highest BCUT2D eigenvalue weighted by Crippen LogP contribution is 2.36. The highest BCUT2D eigenvalue weighted by atomic mass is 32.2. The van der Waals surface area contributed by atoms with E-state index in [1.807, 2.05) is 0 Å². The van der Waals surface area contributed by atoms with Crippen molar-refractivity contribution in [2.75, 3.05) is 13.2 Å². The second kappa shape index (κ2) is 6.52. The average molecular weight is 345 g/mol. The molecule has 2 aromatic carbocycles. The molecule has 1 aliphatic heterocycles. The van der Waals surface area contributed by atoms with Crippen molar-refractivity contribution < 1.29 is 13.2 Å². The molecule has 0 aliphatic carbocycles. The van der Waals surface area contributed by atoms with Crippen molar-refractivity contribution in [3.63, 3.8) is 0 Å². The van der Waals surface area contributed by atoms with Gasteiger partial charge < -0.3 is 16.2 Å². The lowest BCUT2D eigenvalue weighted by Crippen LogP contribution is -2.25. The largest absolute Gasteiger partial charge is 0.493 e. The number of fused-ring (bicyclic) bond motifs is 1. The predicted molar refractivity (Wildman–Crippen MR) is 91.9 cm³/mol. The summed E-state index contributed by atoms with van der Waals surface area (Å²) in [6.45, 7) is 0.968. The van der Waals surface area contributed by atoms with Crippen molar-refractivity contribution in [2.45, 2.75) is 22.1 Å². The summed E-state index contributed by atoms with van der Waals surface area (Å²) in [5, 5.41) is 0. The number of guanidine groups is 1. The van der Waals surface area contributed by atoms with E-state index in [-0.39, 0.29) is 21.7 Å². The van der Waals surface area contributed by atoms with E-state index in [1.165, 1.54) is 0 Å². The minimum atomic E-state index is -3.56. The molecular weight excluding hydrogens is 326 g/mol. The third-order valence-corrected chi connectivity index (χ3v) is 5.77. The van der Waals surface area contributed by atoms with Crippen molar-refractivity contribution in [2.24, 2.45) is 16.5 Å². The molecule has 0 radical (unpaired) electrons. The van der Waals surface area contributed by atoms with E-state index in [0.717, 1.165) is 12.0 Å². The second-order valence-corrected chi connectivity index (χ2v) is 7.57. The Hall–Kier alpha value is -2.54. The van der Waals surface area contributed by atoms with Gasteiger partial charge in [0.1, 0.15) is 5.75 Å². The molecule has 0 spiro atoms. The third kappa shape index (κ3) is 3.21. The summed E-state index contributed by atoms with van der Waals surface area (Å²) in [6, 6.07) is 13.3. The topological polar surface area (TPSA) is 108 Å². The summed E-state index contributed by atoms with van der Waals surface area (Å²) in [5.41, 5.74) is 11.7. The van der Waals surface area contributed by atoms with Crippen LogP contribution in [0.3, 0.4) is 0 Å². The second-order valence-electron chi connectivity index (χ2n) is 5.62. The molecule has 7 heteroatoms. The number of rotatable bonds is 4. The Labute approximate surface area is 141 Å². The highest BCUT2D eigenvalue weighted by Gasteiger charge is 2.25. The zero-order valence-corrected chi connectivity index (χ0v) is 13.9. The van der Waals surface area contributed by atoms with Gasteiger partial charge in [-0.25, -0.2) is 8.42 Å². The Morgan fingerprint density at radius 1 is 1.12 bits per heavy atom. The number of nitrogens with two attached hydrogens (primary N) is 2. The quantitative estimate of drug-likeness (QED) is 0.647. The zero-order valence-electron chi connectivity index (χ0n) is 13.1. The summed E-state index contributed by atoms with van der Waals surface area (Å²) in [5.74, 6) is 0.740. The van der Waals surface area contributed by atoms with E-state index in [9.17, 15) is 8.42 Å². The highest BCUT2D eigenvalue weighted by molar-refractivity contribution is 7.91. The number of sulfone groups is 1. The molecule has 6 nitrogen and oxygen atoms in total. The van der Waals surface area contributed by atoms with Crippen LogP contribution in [-0.4, -0.2) is 27.5 Å². The van der Waals surface area contributed by atoms with E-state index < -0.39 is 9.84 Å². The molecule has 1 atom stereocenters. The summed E-state index contributed by atoms with van der Waals surface area (Å²) >= 11 is 0. The molecule has 126 valence electrons. The van der Waals surface area contributed by atoms with Gasteiger partial charge in [-0.05, 0) is 36.2 Å². The lowest BCUT2D eigenvalue weighted by atomic mass is 9.93. The molecule has 3 rings (SSSR count). The maximum Gasteiger partial charge on any atom is 0.206 e. The van der Waals surface area contributed by atoms with Crippen LogP contribution >= 0.6 is 0 Å². The molecular formula is C17H19N3O3S. The molecule has 0 amide bonds.